The molecule has 284 valence electrons. The van der Waals surface area contributed by atoms with Crippen molar-refractivity contribution in [1.82, 2.24) is 0 Å². The van der Waals surface area contributed by atoms with Gasteiger partial charge in [0.05, 0.1) is 41.2 Å². The van der Waals surface area contributed by atoms with E-state index in [0.717, 1.165) is 5.57 Å². The quantitative estimate of drug-likeness (QED) is 0.0947. The van der Waals surface area contributed by atoms with Crippen LogP contribution in [0.1, 0.15) is 45.8 Å². The number of fused-ring (bicyclic) bond motifs is 4. The Kier molecular flexibility index (Phi) is 9.22. The van der Waals surface area contributed by atoms with Gasteiger partial charge >= 0.3 is 0 Å². The lowest BCUT2D eigenvalue weighted by atomic mass is 9.49. The first-order chi connectivity index (χ1) is 27.7. The first-order valence-corrected chi connectivity index (χ1v) is 19.4. The van der Waals surface area contributed by atoms with Crippen molar-refractivity contribution >= 4 is 52.4 Å². The lowest BCUT2D eigenvalue weighted by molar-refractivity contribution is -0.127. The number of allylic oxidation sites excluding steroid dienone is 2. The minimum atomic E-state index is -1.47. The lowest BCUT2D eigenvalue weighted by Gasteiger charge is -2.51. The number of carbonyl (C=O) groups is 5. The van der Waals surface area contributed by atoms with Gasteiger partial charge in [-0.3, -0.25) is 28.9 Å². The molecule has 0 spiro atoms. The number of nitrogens with zero attached hydrogens (tertiary/aromatic N) is 2. The maximum Gasteiger partial charge on any atom is 0.246 e. The van der Waals surface area contributed by atoms with Gasteiger partial charge in [0.2, 0.25) is 23.6 Å². The molecule has 5 aromatic rings. The third kappa shape index (κ3) is 5.67. The van der Waals surface area contributed by atoms with Gasteiger partial charge in [-0.15, -0.1) is 0 Å². The minimum Gasteiger partial charge on any atom is -0.491 e. The number of para-hydroxylation sites is 1. The van der Waals surface area contributed by atoms with Gasteiger partial charge in [0.25, 0.3) is 0 Å². The Morgan fingerprint density at radius 3 is 2.12 bits per heavy atom. The summed E-state index contributed by atoms with van der Waals surface area (Å²) in [5.41, 5.74) is 2.25. The first kappa shape index (κ1) is 36.5. The molecule has 10 heteroatoms. The Balaban J connectivity index is 1.18. The van der Waals surface area contributed by atoms with Crippen LogP contribution < -0.4 is 14.5 Å². The Labute approximate surface area is 334 Å². The predicted molar refractivity (Wildman–Crippen MR) is 214 cm³/mol. The molecular weight excluding hydrogens is 740 g/mol. The van der Waals surface area contributed by atoms with Gasteiger partial charge in [0.15, 0.2) is 5.78 Å². The van der Waals surface area contributed by atoms with E-state index in [4.69, 9.17) is 16.3 Å². The summed E-state index contributed by atoms with van der Waals surface area (Å²) in [4.78, 5) is 75.3. The predicted octanol–water partition coefficient (Wildman–Crippen LogP) is 7.31. The number of carbonyl (C=O) groups excluding carboxylic acids is 5. The number of benzene rings is 5. The highest BCUT2D eigenvalue weighted by molar-refractivity contribution is 6.32. The van der Waals surface area contributed by atoms with Crippen LogP contribution in [-0.2, 0) is 24.6 Å². The summed E-state index contributed by atoms with van der Waals surface area (Å²) in [6.45, 7) is -0.244. The molecule has 57 heavy (non-hydrogen) atoms. The molecule has 2 heterocycles. The van der Waals surface area contributed by atoms with Crippen molar-refractivity contribution in [1.29, 1.82) is 0 Å². The van der Waals surface area contributed by atoms with Crippen molar-refractivity contribution < 1.29 is 33.8 Å². The van der Waals surface area contributed by atoms with Crippen LogP contribution in [0, 0.1) is 23.7 Å². The van der Waals surface area contributed by atoms with Crippen molar-refractivity contribution in [2.24, 2.45) is 23.7 Å². The lowest BCUT2D eigenvalue weighted by Crippen LogP contribution is -2.53. The van der Waals surface area contributed by atoms with Gasteiger partial charge in [-0.2, -0.15) is 0 Å². The Morgan fingerprint density at radius 1 is 0.719 bits per heavy atom. The molecule has 1 N–H and O–H groups in total. The number of aliphatic hydroxyl groups is 1. The van der Waals surface area contributed by atoms with Crippen LogP contribution in [0.4, 0.5) is 11.4 Å². The number of halogens is 1. The number of hydrogen-bond acceptors (Lipinski definition) is 7. The maximum absolute atomic E-state index is 15.5. The highest BCUT2D eigenvalue weighted by atomic mass is 35.5. The van der Waals surface area contributed by atoms with E-state index in [1.807, 2.05) is 60.7 Å². The molecular formula is C47H37ClN2O7. The summed E-state index contributed by atoms with van der Waals surface area (Å²) in [7, 11) is 0. The molecule has 4 amide bonds. The summed E-state index contributed by atoms with van der Waals surface area (Å²) in [6, 6.07) is 38.6. The zero-order valence-corrected chi connectivity index (χ0v) is 31.4. The van der Waals surface area contributed by atoms with E-state index < -0.39 is 46.8 Å². The monoisotopic (exact) mass is 776 g/mol. The van der Waals surface area contributed by atoms with Crippen LogP contribution in [0.2, 0.25) is 5.02 Å². The molecule has 2 aliphatic heterocycles. The summed E-state index contributed by atoms with van der Waals surface area (Å²) in [6.07, 6.45) is 2.38. The highest BCUT2D eigenvalue weighted by Crippen LogP contribution is 2.65. The van der Waals surface area contributed by atoms with E-state index in [9.17, 15) is 19.5 Å². The Bertz CT molecular complexity index is 2470. The van der Waals surface area contributed by atoms with Crippen LogP contribution >= 0.6 is 11.6 Å². The van der Waals surface area contributed by atoms with Crippen molar-refractivity contribution in [3.05, 3.63) is 172 Å². The molecule has 0 radical (unpaired) electrons. The van der Waals surface area contributed by atoms with Gasteiger partial charge < -0.3 is 9.84 Å². The zero-order valence-electron chi connectivity index (χ0n) is 30.7. The molecule has 3 fully saturated rings. The number of rotatable bonds is 9. The summed E-state index contributed by atoms with van der Waals surface area (Å²) in [5.74, 6) is -5.13. The molecule has 5 aromatic carbocycles. The van der Waals surface area contributed by atoms with Crippen LogP contribution in [-0.4, -0.2) is 47.7 Å². The van der Waals surface area contributed by atoms with E-state index in [1.165, 1.54) is 9.80 Å². The van der Waals surface area contributed by atoms with Crippen LogP contribution in [0.15, 0.2) is 145 Å². The molecule has 0 aromatic heterocycles. The third-order valence-corrected chi connectivity index (χ3v) is 12.4. The Hall–Kier alpha value is -6.16. The molecule has 2 saturated heterocycles. The van der Waals surface area contributed by atoms with Gasteiger partial charge in [0, 0.05) is 27.6 Å². The van der Waals surface area contributed by atoms with E-state index in [2.05, 4.69) is 0 Å². The molecule has 0 bridgehead atoms. The number of ketones is 1. The summed E-state index contributed by atoms with van der Waals surface area (Å²) >= 11 is 6.44. The van der Waals surface area contributed by atoms with Crippen molar-refractivity contribution in [2.45, 2.75) is 24.2 Å². The normalized spacial score (nSPS) is 25.2. The van der Waals surface area contributed by atoms with E-state index in [1.54, 1.807) is 78.9 Å². The SMILES string of the molecule is O=C(c1ccccc1)c1ccc(N2C(=O)C3CC=C4C(CC5C(=O)N(c6cccc(Cl)c6)C(=O)C5(c5ccccc5)C4c4ccccc4OCCO)C3C2=O)cc1. The van der Waals surface area contributed by atoms with Gasteiger partial charge in [0.1, 0.15) is 12.4 Å². The average molecular weight is 777 g/mol. The highest BCUT2D eigenvalue weighted by Gasteiger charge is 2.70. The number of imide groups is 2. The fourth-order valence-electron chi connectivity index (χ4n) is 9.87. The van der Waals surface area contributed by atoms with Crippen molar-refractivity contribution in [3.63, 3.8) is 0 Å². The summed E-state index contributed by atoms with van der Waals surface area (Å²) in [5, 5.41) is 10.1. The van der Waals surface area contributed by atoms with Crippen LogP contribution in [0.3, 0.4) is 0 Å². The molecule has 9 nitrogen and oxygen atoms in total. The second-order valence-corrected chi connectivity index (χ2v) is 15.4. The summed E-state index contributed by atoms with van der Waals surface area (Å²) < 4.78 is 6.13. The molecule has 9 rings (SSSR count). The molecule has 6 unspecified atom stereocenters. The molecule has 2 aliphatic carbocycles. The number of anilines is 2. The topological polar surface area (TPSA) is 121 Å². The van der Waals surface area contributed by atoms with Crippen LogP contribution in [0.25, 0.3) is 0 Å². The molecule has 4 aliphatic rings. The number of amides is 4. The average Bonchev–Trinajstić information content (AvgIpc) is 3.64. The Morgan fingerprint density at radius 2 is 1.40 bits per heavy atom. The number of hydrogen-bond donors (Lipinski definition) is 1. The van der Waals surface area contributed by atoms with E-state index in [-0.39, 0.29) is 43.7 Å². The maximum atomic E-state index is 15.5. The molecule has 1 saturated carbocycles. The van der Waals surface area contributed by atoms with E-state index in [0.29, 0.717) is 44.4 Å². The smallest absolute Gasteiger partial charge is 0.246 e. The fourth-order valence-corrected chi connectivity index (χ4v) is 10.1. The zero-order chi connectivity index (χ0) is 39.4. The van der Waals surface area contributed by atoms with Gasteiger partial charge in [-0.1, -0.05) is 108 Å². The minimum absolute atomic E-state index is 0.00211. The largest absolute Gasteiger partial charge is 0.491 e. The van der Waals surface area contributed by atoms with Crippen molar-refractivity contribution in [3.8, 4) is 5.75 Å². The standard InChI is InChI=1S/C47H37ClN2O7/c48-31-14-9-15-33(26-31)50-44(54)38-27-37-34(41(35-16-7-8-17-39(35)57-25-24-51)47(38,46(50)56)30-12-5-2-6-13-30)22-23-36-40(37)45(55)49(43(36)53)32-20-18-29(19-21-32)42(52)28-10-3-1-4-11-28/h1-22,26,36-38,40-41,51H,23-25,27H2. The van der Waals surface area contributed by atoms with Crippen molar-refractivity contribution in [2.75, 3.05) is 23.0 Å². The van der Waals surface area contributed by atoms with E-state index >= 15 is 9.59 Å². The fraction of sp³-hybridized carbons (Fsp3) is 0.213. The number of aliphatic hydroxyl groups excluding tert-OH is 1. The van der Waals surface area contributed by atoms with Gasteiger partial charge in [-0.05, 0) is 72.9 Å². The van der Waals surface area contributed by atoms with Crippen LogP contribution in [0.5, 0.6) is 5.75 Å². The second kappa shape index (κ2) is 14.4. The number of ether oxygens (including phenoxy) is 1. The first-order valence-electron chi connectivity index (χ1n) is 19.0. The third-order valence-electron chi connectivity index (χ3n) is 12.2. The molecule has 6 atom stereocenters. The second-order valence-electron chi connectivity index (χ2n) is 15.0. The van der Waals surface area contributed by atoms with Gasteiger partial charge in [-0.25, -0.2) is 4.90 Å².